The van der Waals surface area contributed by atoms with Crippen LogP contribution in [0.5, 0.6) is 0 Å². The summed E-state index contributed by atoms with van der Waals surface area (Å²) in [6, 6.07) is 59.2. The van der Waals surface area contributed by atoms with Crippen LogP contribution in [0.2, 0.25) is 0 Å². The van der Waals surface area contributed by atoms with Crippen molar-refractivity contribution < 1.29 is 0 Å². The molecule has 10 rings (SSSR count). The van der Waals surface area contributed by atoms with E-state index in [0.717, 1.165) is 16.9 Å². The number of fused-ring (bicyclic) bond motifs is 6. The van der Waals surface area contributed by atoms with E-state index in [1.54, 1.807) is 0 Å². The summed E-state index contributed by atoms with van der Waals surface area (Å²) < 4.78 is 2.41. The van der Waals surface area contributed by atoms with Crippen LogP contribution in [-0.4, -0.2) is 9.55 Å². The first-order valence-corrected chi connectivity index (χ1v) is 16.1. The molecule has 9 aromatic rings. The lowest BCUT2D eigenvalue weighted by Gasteiger charge is -2.12. The molecule has 2 nitrogen and oxygen atoms in total. The molecule has 0 unspecified atom stereocenters. The Morgan fingerprint density at radius 3 is 1.57 bits per heavy atom. The first-order valence-electron chi connectivity index (χ1n) is 16.1. The highest BCUT2D eigenvalue weighted by atomic mass is 15.0. The minimum atomic E-state index is 1.01. The molecule has 0 fully saturated rings. The van der Waals surface area contributed by atoms with E-state index in [-0.39, 0.29) is 0 Å². The molecule has 0 atom stereocenters. The molecule has 47 heavy (non-hydrogen) atoms. The molecule has 0 amide bonds. The highest BCUT2D eigenvalue weighted by molar-refractivity contribution is 6.18. The van der Waals surface area contributed by atoms with E-state index in [1.165, 1.54) is 77.1 Å². The van der Waals surface area contributed by atoms with E-state index in [9.17, 15) is 0 Å². The summed E-state index contributed by atoms with van der Waals surface area (Å²) in [6.07, 6.45) is 2.07. The topological polar surface area (TPSA) is 17.8 Å². The summed E-state index contributed by atoms with van der Waals surface area (Å²) in [5.41, 5.74) is 15.6. The molecule has 7 aromatic carbocycles. The van der Waals surface area contributed by atoms with Crippen molar-refractivity contribution in [3.63, 3.8) is 0 Å². The predicted molar refractivity (Wildman–Crippen MR) is 197 cm³/mol. The van der Waals surface area contributed by atoms with Crippen molar-refractivity contribution in [2.24, 2.45) is 0 Å². The maximum absolute atomic E-state index is 5.11. The minimum absolute atomic E-state index is 1.01. The number of nitrogens with zero attached hydrogens (tertiary/aromatic N) is 2. The Morgan fingerprint density at radius 2 is 0.915 bits per heavy atom. The molecule has 0 radical (unpaired) electrons. The van der Waals surface area contributed by atoms with Crippen LogP contribution >= 0.6 is 0 Å². The van der Waals surface area contributed by atoms with Gasteiger partial charge in [-0.2, -0.15) is 0 Å². The molecule has 0 aliphatic heterocycles. The summed E-state index contributed by atoms with van der Waals surface area (Å²) in [5, 5.41) is 4.97. The van der Waals surface area contributed by atoms with Gasteiger partial charge in [-0.25, -0.2) is 0 Å². The lowest BCUT2D eigenvalue weighted by molar-refractivity contribution is 1.18. The third-order valence-electron chi connectivity index (χ3n) is 9.78. The molecule has 1 aliphatic carbocycles. The second kappa shape index (κ2) is 10.1. The lowest BCUT2D eigenvalue weighted by Crippen LogP contribution is -1.95. The van der Waals surface area contributed by atoms with Gasteiger partial charge in [0, 0.05) is 44.6 Å². The van der Waals surface area contributed by atoms with Crippen molar-refractivity contribution >= 4 is 32.6 Å². The van der Waals surface area contributed by atoms with Crippen LogP contribution in [0, 0.1) is 0 Å². The van der Waals surface area contributed by atoms with Gasteiger partial charge in [0.1, 0.15) is 0 Å². The first kappa shape index (κ1) is 26.0. The fraction of sp³-hybridized carbons (Fsp3) is 0. The van der Waals surface area contributed by atoms with Gasteiger partial charge in [0.05, 0.1) is 16.7 Å². The third kappa shape index (κ3) is 3.95. The highest BCUT2D eigenvalue weighted by Gasteiger charge is 2.23. The standard InChI is InChI=1S/C45H28N2/c1-3-11-29(12-4-1)31-21-23-42-39(26-31)40-27-32(30-13-5-2-6-14-30)22-24-43(40)47(42)34-16-9-15-33(25-34)45-38-20-10-19-37-35-17-7-8-18-36(35)41(28-46-45)44(37)38/h1-28H. The summed E-state index contributed by atoms with van der Waals surface area (Å²) in [7, 11) is 0. The zero-order valence-corrected chi connectivity index (χ0v) is 25.6. The third-order valence-corrected chi connectivity index (χ3v) is 9.78. The van der Waals surface area contributed by atoms with Crippen molar-refractivity contribution in [3.8, 4) is 61.5 Å². The Labute approximate surface area is 272 Å². The second-order valence-corrected chi connectivity index (χ2v) is 12.4. The largest absolute Gasteiger partial charge is 0.309 e. The summed E-state index contributed by atoms with van der Waals surface area (Å²) in [6.45, 7) is 0. The minimum Gasteiger partial charge on any atom is -0.309 e. The number of benzene rings is 7. The normalized spacial score (nSPS) is 11.8. The molecule has 0 saturated heterocycles. The number of pyridine rings is 1. The van der Waals surface area contributed by atoms with Crippen molar-refractivity contribution in [2.45, 2.75) is 0 Å². The van der Waals surface area contributed by atoms with Crippen LogP contribution in [0.3, 0.4) is 0 Å². The van der Waals surface area contributed by atoms with Crippen LogP contribution in [-0.2, 0) is 0 Å². The van der Waals surface area contributed by atoms with Gasteiger partial charge in [-0.05, 0) is 75.3 Å². The quantitative estimate of drug-likeness (QED) is 0.198. The predicted octanol–water partition coefficient (Wildman–Crippen LogP) is 12.0. The SMILES string of the molecule is c1ccc(-c2ccc3c(c2)c2cc(-c4ccccc4)ccc2n3-c2cccc(-c3ncc4c5c(cccc35)-c3ccccc3-4)c2)cc1. The Balaban J connectivity index is 1.19. The molecule has 2 heterocycles. The highest BCUT2D eigenvalue weighted by Crippen LogP contribution is 2.48. The van der Waals surface area contributed by atoms with Crippen LogP contribution in [0.4, 0.5) is 0 Å². The van der Waals surface area contributed by atoms with Gasteiger partial charge < -0.3 is 4.57 Å². The fourth-order valence-corrected chi connectivity index (χ4v) is 7.63. The average molecular weight is 597 g/mol. The lowest BCUT2D eigenvalue weighted by atomic mass is 9.99. The van der Waals surface area contributed by atoms with Gasteiger partial charge >= 0.3 is 0 Å². The second-order valence-electron chi connectivity index (χ2n) is 12.4. The van der Waals surface area contributed by atoms with Gasteiger partial charge in [0.2, 0.25) is 0 Å². The monoisotopic (exact) mass is 596 g/mol. The van der Waals surface area contributed by atoms with E-state index in [4.69, 9.17) is 4.98 Å². The Morgan fingerprint density at radius 1 is 0.362 bits per heavy atom. The molecule has 0 saturated carbocycles. The van der Waals surface area contributed by atoms with E-state index < -0.39 is 0 Å². The van der Waals surface area contributed by atoms with Crippen molar-refractivity contribution in [1.82, 2.24) is 9.55 Å². The van der Waals surface area contributed by atoms with E-state index in [2.05, 4.69) is 175 Å². The van der Waals surface area contributed by atoms with Crippen LogP contribution < -0.4 is 0 Å². The summed E-state index contributed by atoms with van der Waals surface area (Å²) in [4.78, 5) is 5.11. The van der Waals surface area contributed by atoms with Gasteiger partial charge in [-0.15, -0.1) is 0 Å². The molecule has 2 heteroatoms. The van der Waals surface area contributed by atoms with Gasteiger partial charge in [0.25, 0.3) is 0 Å². The maximum atomic E-state index is 5.11. The summed E-state index contributed by atoms with van der Waals surface area (Å²) >= 11 is 0. The summed E-state index contributed by atoms with van der Waals surface area (Å²) in [5.74, 6) is 0. The molecular formula is C45H28N2. The van der Waals surface area contributed by atoms with Crippen molar-refractivity contribution in [1.29, 1.82) is 0 Å². The Hall–Kier alpha value is -6.25. The maximum Gasteiger partial charge on any atom is 0.0781 e. The number of hydrogen-bond donors (Lipinski definition) is 0. The Kier molecular flexibility index (Phi) is 5.61. The zero-order valence-electron chi connectivity index (χ0n) is 25.6. The van der Waals surface area contributed by atoms with Crippen LogP contribution in [0.1, 0.15) is 0 Å². The molecule has 218 valence electrons. The zero-order chi connectivity index (χ0) is 30.9. The average Bonchev–Trinajstić information content (AvgIpc) is 3.65. The molecular weight excluding hydrogens is 569 g/mol. The molecule has 0 bridgehead atoms. The number of aromatic nitrogens is 2. The van der Waals surface area contributed by atoms with E-state index in [0.29, 0.717) is 0 Å². The van der Waals surface area contributed by atoms with Gasteiger partial charge in [0.15, 0.2) is 0 Å². The van der Waals surface area contributed by atoms with E-state index in [1.807, 2.05) is 0 Å². The number of rotatable bonds is 4. The van der Waals surface area contributed by atoms with Crippen molar-refractivity contribution in [3.05, 3.63) is 170 Å². The molecule has 0 N–H and O–H groups in total. The fourth-order valence-electron chi connectivity index (χ4n) is 7.63. The van der Waals surface area contributed by atoms with E-state index >= 15 is 0 Å². The number of hydrogen-bond acceptors (Lipinski definition) is 1. The smallest absolute Gasteiger partial charge is 0.0781 e. The first-order chi connectivity index (χ1) is 23.3. The van der Waals surface area contributed by atoms with Gasteiger partial charge in [-0.1, -0.05) is 127 Å². The molecule has 0 spiro atoms. The molecule has 2 aromatic heterocycles. The van der Waals surface area contributed by atoms with Crippen LogP contribution in [0.15, 0.2) is 170 Å². The van der Waals surface area contributed by atoms with Crippen molar-refractivity contribution in [2.75, 3.05) is 0 Å². The van der Waals surface area contributed by atoms with Gasteiger partial charge in [-0.3, -0.25) is 4.98 Å². The Bertz CT molecular complexity index is 2540. The molecule has 1 aliphatic rings. The van der Waals surface area contributed by atoms with Crippen LogP contribution in [0.25, 0.3) is 94.0 Å².